The van der Waals surface area contributed by atoms with Crippen LogP contribution < -0.4 is 4.90 Å². The van der Waals surface area contributed by atoms with E-state index in [2.05, 4.69) is 32.4 Å². The number of anilines is 1. The molecule has 1 aliphatic heterocycles. The highest BCUT2D eigenvalue weighted by Gasteiger charge is 2.21. The topological polar surface area (TPSA) is 84.6 Å². The van der Waals surface area contributed by atoms with Crippen molar-refractivity contribution in [1.82, 2.24) is 29.5 Å². The van der Waals surface area contributed by atoms with E-state index in [-0.39, 0.29) is 5.91 Å². The number of rotatable bonds is 0. The van der Waals surface area contributed by atoms with Crippen LogP contribution in [0, 0.1) is 6.92 Å². The molecule has 1 aliphatic rings. The summed E-state index contributed by atoms with van der Waals surface area (Å²) in [5.41, 5.74) is 5.78. The van der Waals surface area contributed by atoms with Crippen LogP contribution in [0.3, 0.4) is 0 Å². The van der Waals surface area contributed by atoms with E-state index < -0.39 is 0 Å². The van der Waals surface area contributed by atoms with Gasteiger partial charge in [0.2, 0.25) is 5.91 Å². The summed E-state index contributed by atoms with van der Waals surface area (Å²) in [6.07, 6.45) is 8.96. The minimum absolute atomic E-state index is 0.0393. The van der Waals surface area contributed by atoms with Crippen LogP contribution in [0.2, 0.25) is 0 Å². The predicted molar refractivity (Wildman–Crippen MR) is 107 cm³/mol. The van der Waals surface area contributed by atoms with Gasteiger partial charge in [-0.05, 0) is 19.4 Å². The second kappa shape index (κ2) is 6.05. The van der Waals surface area contributed by atoms with Crippen molar-refractivity contribution in [1.29, 1.82) is 0 Å². The molecule has 4 bridgehead atoms. The number of amides is 1. The summed E-state index contributed by atoms with van der Waals surface area (Å²) < 4.78 is 3.66. The first-order valence-electron chi connectivity index (χ1n) is 9.33. The number of aromatic nitrogens is 6. The molecule has 0 radical (unpaired) electrons. The van der Waals surface area contributed by atoms with Gasteiger partial charge in [-0.15, -0.1) is 0 Å². The molecule has 142 valence electrons. The molecule has 1 N–H and O–H groups in total. The number of nitrogens with one attached hydrogen (secondary N) is 1. The molecule has 4 aromatic rings. The van der Waals surface area contributed by atoms with E-state index >= 15 is 0 Å². The molecule has 5 rings (SSSR count). The van der Waals surface area contributed by atoms with E-state index in [9.17, 15) is 4.79 Å². The van der Waals surface area contributed by atoms with Gasteiger partial charge in [-0.3, -0.25) is 19.1 Å². The summed E-state index contributed by atoms with van der Waals surface area (Å²) in [6.45, 7) is 2.71. The lowest BCUT2D eigenvalue weighted by Gasteiger charge is -2.16. The van der Waals surface area contributed by atoms with Gasteiger partial charge in [-0.25, -0.2) is 4.98 Å². The van der Waals surface area contributed by atoms with Gasteiger partial charge in [0.25, 0.3) is 0 Å². The fourth-order valence-corrected chi connectivity index (χ4v) is 3.88. The molecule has 5 heterocycles. The third-order valence-corrected chi connectivity index (χ3v) is 5.36. The van der Waals surface area contributed by atoms with Crippen LogP contribution in [0.25, 0.3) is 33.3 Å². The number of nitrogens with zero attached hydrogens (tertiary/aromatic N) is 6. The van der Waals surface area contributed by atoms with Crippen LogP contribution in [-0.4, -0.2) is 42.5 Å². The lowest BCUT2D eigenvalue weighted by molar-refractivity contribution is -0.118. The average Bonchev–Trinajstić information content (AvgIpc) is 3.36. The van der Waals surface area contributed by atoms with E-state index in [1.165, 1.54) is 0 Å². The first kappa shape index (κ1) is 16.7. The summed E-state index contributed by atoms with van der Waals surface area (Å²) in [4.78, 5) is 22.2. The molecule has 0 aliphatic carbocycles. The van der Waals surface area contributed by atoms with Crippen molar-refractivity contribution in [2.45, 2.75) is 26.3 Å². The third kappa shape index (κ3) is 2.52. The monoisotopic (exact) mass is 375 g/mol. The van der Waals surface area contributed by atoms with Gasteiger partial charge in [-0.1, -0.05) is 0 Å². The Kier molecular flexibility index (Phi) is 3.61. The average molecular weight is 375 g/mol. The fourth-order valence-electron chi connectivity index (χ4n) is 3.88. The zero-order chi connectivity index (χ0) is 19.4. The molecule has 0 unspecified atom stereocenters. The maximum absolute atomic E-state index is 12.7. The van der Waals surface area contributed by atoms with Crippen molar-refractivity contribution >= 4 is 22.8 Å². The molecule has 28 heavy (non-hydrogen) atoms. The second-order valence-corrected chi connectivity index (χ2v) is 7.31. The predicted octanol–water partition coefficient (Wildman–Crippen LogP) is 2.89. The van der Waals surface area contributed by atoms with E-state index in [4.69, 9.17) is 0 Å². The van der Waals surface area contributed by atoms with Gasteiger partial charge in [0, 0.05) is 79.5 Å². The number of fused-ring (bicyclic) bond motifs is 6. The van der Waals surface area contributed by atoms with Crippen LogP contribution in [0.15, 0.2) is 30.9 Å². The summed E-state index contributed by atoms with van der Waals surface area (Å²) in [6, 6.07) is 2.11. The zero-order valence-electron chi connectivity index (χ0n) is 16.1. The Morgan fingerprint density at radius 1 is 1.11 bits per heavy atom. The Morgan fingerprint density at radius 3 is 2.82 bits per heavy atom. The van der Waals surface area contributed by atoms with Gasteiger partial charge in [0.05, 0.1) is 5.69 Å². The highest BCUT2D eigenvalue weighted by Crippen LogP contribution is 2.35. The van der Waals surface area contributed by atoms with E-state index in [1.54, 1.807) is 16.6 Å². The highest BCUT2D eigenvalue weighted by molar-refractivity contribution is 5.99. The molecule has 0 fully saturated rings. The summed E-state index contributed by atoms with van der Waals surface area (Å²) in [7, 11) is 3.65. The van der Waals surface area contributed by atoms with Crippen LogP contribution >= 0.6 is 0 Å². The molecular formula is C20H21N7O. The molecule has 1 amide bonds. The maximum Gasteiger partial charge on any atom is 0.228 e. The molecule has 8 nitrogen and oxygen atoms in total. The number of H-pyrrole nitrogens is 1. The molecule has 0 saturated carbocycles. The summed E-state index contributed by atoms with van der Waals surface area (Å²) in [5, 5.41) is 10.2. The van der Waals surface area contributed by atoms with Crippen molar-refractivity contribution in [2.75, 3.05) is 11.9 Å². The number of hydrogen-bond acceptors (Lipinski definition) is 4. The van der Waals surface area contributed by atoms with Crippen LogP contribution in [0.4, 0.5) is 5.82 Å². The Bertz CT molecular complexity index is 1210. The molecule has 4 aromatic heterocycles. The molecule has 8 heteroatoms. The summed E-state index contributed by atoms with van der Waals surface area (Å²) >= 11 is 0. The zero-order valence-corrected chi connectivity index (χ0v) is 16.1. The smallest absolute Gasteiger partial charge is 0.228 e. The number of carbonyl (C=O) groups excluding carboxylic acids is 1. The van der Waals surface area contributed by atoms with E-state index in [0.717, 1.165) is 45.4 Å². The van der Waals surface area contributed by atoms with Gasteiger partial charge in [0.1, 0.15) is 5.65 Å². The highest BCUT2D eigenvalue weighted by atomic mass is 16.2. The minimum atomic E-state index is 0.0393. The number of aromatic amines is 1. The first-order chi connectivity index (χ1) is 13.5. The molecular weight excluding hydrogens is 354 g/mol. The van der Waals surface area contributed by atoms with Gasteiger partial charge in [-0.2, -0.15) is 10.2 Å². The Morgan fingerprint density at radius 2 is 1.96 bits per heavy atom. The number of carbonyl (C=O) groups is 1. The van der Waals surface area contributed by atoms with Crippen LogP contribution in [0.5, 0.6) is 0 Å². The largest absolute Gasteiger partial charge is 0.346 e. The van der Waals surface area contributed by atoms with Gasteiger partial charge < -0.3 is 4.98 Å². The normalized spacial score (nSPS) is 14.5. The van der Waals surface area contributed by atoms with Crippen molar-refractivity contribution in [2.24, 2.45) is 7.05 Å². The van der Waals surface area contributed by atoms with Crippen molar-refractivity contribution in [3.63, 3.8) is 0 Å². The number of aryl methyl sites for hydroxylation is 3. The van der Waals surface area contributed by atoms with Gasteiger partial charge >= 0.3 is 0 Å². The number of hydrogen-bond donors (Lipinski definition) is 1. The second-order valence-electron chi connectivity index (χ2n) is 7.31. The number of pyridine rings is 1. The molecule has 0 spiro atoms. The minimum Gasteiger partial charge on any atom is -0.346 e. The van der Waals surface area contributed by atoms with Crippen molar-refractivity contribution < 1.29 is 4.79 Å². The Labute approximate surface area is 161 Å². The fraction of sp³-hybridized carbons (Fsp3) is 0.300. The molecule has 0 saturated heterocycles. The quantitative estimate of drug-likeness (QED) is 0.512. The lowest BCUT2D eigenvalue weighted by Crippen LogP contribution is -2.27. The Hall–Kier alpha value is -3.42. The lowest BCUT2D eigenvalue weighted by atomic mass is 10.0. The van der Waals surface area contributed by atoms with Crippen LogP contribution in [0.1, 0.15) is 18.5 Å². The SMILES string of the molecule is Cc1nn2cc1-c1c[nH]c3ncc(cc13)-c1cn(C)nc1N(C)C(=O)CCC2. The standard InChI is InChI=1S/C20H21N7O/c1-12-16-11-27(23-12)6-4-5-18(28)26(3)20-17(10-25(2)24-20)13-7-14-15(16)9-22-19(14)21-8-13/h7-11H,4-6H2,1-3H3,(H,21,22). The van der Waals surface area contributed by atoms with E-state index in [0.29, 0.717) is 18.8 Å². The third-order valence-electron chi connectivity index (χ3n) is 5.36. The molecule has 0 aromatic carbocycles. The van der Waals surface area contributed by atoms with E-state index in [1.807, 2.05) is 37.2 Å². The summed E-state index contributed by atoms with van der Waals surface area (Å²) in [5.74, 6) is 0.690. The maximum atomic E-state index is 12.7. The molecule has 0 atom stereocenters. The first-order valence-corrected chi connectivity index (χ1v) is 9.33. The van der Waals surface area contributed by atoms with Crippen molar-refractivity contribution in [3.05, 3.63) is 36.5 Å². The van der Waals surface area contributed by atoms with Crippen LogP contribution in [-0.2, 0) is 18.4 Å². The van der Waals surface area contributed by atoms with Gasteiger partial charge in [0.15, 0.2) is 5.82 Å². The Balaban J connectivity index is 1.78. The van der Waals surface area contributed by atoms with Crippen molar-refractivity contribution in [3.8, 4) is 22.3 Å².